The average Bonchev–Trinajstić information content (AvgIpc) is 2.57. The van der Waals surface area contributed by atoms with Gasteiger partial charge in [0, 0.05) is 33.3 Å². The second kappa shape index (κ2) is 8.25. The molecule has 0 aromatic heterocycles. The number of halogens is 1. The highest BCUT2D eigenvalue weighted by molar-refractivity contribution is 14.1. The van der Waals surface area contributed by atoms with Gasteiger partial charge in [0.05, 0.1) is 4.92 Å². The van der Waals surface area contributed by atoms with Gasteiger partial charge in [0.25, 0.3) is 11.6 Å². The zero-order valence-electron chi connectivity index (χ0n) is 13.1. The van der Waals surface area contributed by atoms with Crippen LogP contribution < -0.4 is 10.6 Å². The van der Waals surface area contributed by atoms with Crippen LogP contribution in [0.25, 0.3) is 0 Å². The van der Waals surface area contributed by atoms with Crippen LogP contribution in [0, 0.1) is 31.9 Å². The number of rotatable bonds is 5. The van der Waals surface area contributed by atoms with E-state index < -0.39 is 10.8 Å². The number of nitrogens with zero attached hydrogens (tertiary/aromatic N) is 2. The Balaban J connectivity index is 2.09. The second-order valence-electron chi connectivity index (χ2n) is 5.03. The SMILES string of the molecule is Cc1cc(I)ccc1N/C=C(/C#N)C(=O)Nc1ccc([N+](=O)[O-])cc1. The normalized spacial score (nSPS) is 10.7. The molecule has 1 amide bonds. The summed E-state index contributed by atoms with van der Waals surface area (Å²) in [6.07, 6.45) is 1.33. The van der Waals surface area contributed by atoms with Crippen LogP contribution in [-0.4, -0.2) is 10.8 Å². The van der Waals surface area contributed by atoms with Gasteiger partial charge in [-0.2, -0.15) is 5.26 Å². The van der Waals surface area contributed by atoms with Gasteiger partial charge in [-0.25, -0.2) is 0 Å². The molecule has 2 rings (SSSR count). The number of anilines is 2. The number of amides is 1. The van der Waals surface area contributed by atoms with Crippen molar-refractivity contribution in [3.63, 3.8) is 0 Å². The Kier molecular flexibility index (Phi) is 6.08. The molecule has 0 saturated heterocycles. The molecule has 2 aromatic carbocycles. The van der Waals surface area contributed by atoms with E-state index in [1.807, 2.05) is 31.2 Å². The fourth-order valence-electron chi connectivity index (χ4n) is 1.95. The number of hydrogen-bond acceptors (Lipinski definition) is 5. The van der Waals surface area contributed by atoms with Crippen molar-refractivity contribution < 1.29 is 9.72 Å². The van der Waals surface area contributed by atoms with Crippen molar-refractivity contribution in [2.24, 2.45) is 0 Å². The molecule has 25 heavy (non-hydrogen) atoms. The molecule has 126 valence electrons. The fourth-order valence-corrected chi connectivity index (χ4v) is 2.60. The molecule has 0 unspecified atom stereocenters. The van der Waals surface area contributed by atoms with E-state index in [0.717, 1.165) is 14.8 Å². The summed E-state index contributed by atoms with van der Waals surface area (Å²) in [5.41, 5.74) is 1.94. The standard InChI is InChI=1S/C17H13IN4O3/c1-11-8-13(18)2-7-16(11)20-10-12(9-19)17(23)21-14-3-5-15(6-4-14)22(24)25/h2-8,10,20H,1H3,(H,21,23)/b12-10-. The van der Waals surface area contributed by atoms with Crippen LogP contribution >= 0.6 is 22.6 Å². The molecule has 0 aliphatic carbocycles. The maximum Gasteiger partial charge on any atom is 0.269 e. The van der Waals surface area contributed by atoms with E-state index in [4.69, 9.17) is 0 Å². The van der Waals surface area contributed by atoms with E-state index in [2.05, 4.69) is 33.2 Å². The number of nitro groups is 1. The van der Waals surface area contributed by atoms with Gasteiger partial charge < -0.3 is 10.6 Å². The van der Waals surface area contributed by atoms with Crippen molar-refractivity contribution in [1.82, 2.24) is 0 Å². The van der Waals surface area contributed by atoms with Gasteiger partial charge in [-0.05, 0) is 65.4 Å². The highest BCUT2D eigenvalue weighted by Crippen LogP contribution is 2.19. The number of hydrogen-bond donors (Lipinski definition) is 2. The lowest BCUT2D eigenvalue weighted by Gasteiger charge is -2.07. The van der Waals surface area contributed by atoms with Crippen molar-refractivity contribution in [3.05, 3.63) is 73.5 Å². The molecule has 0 atom stereocenters. The summed E-state index contributed by atoms with van der Waals surface area (Å²) in [5.74, 6) is -0.605. The van der Waals surface area contributed by atoms with E-state index in [1.54, 1.807) is 0 Å². The predicted octanol–water partition coefficient (Wildman–Crippen LogP) is 3.97. The van der Waals surface area contributed by atoms with E-state index in [9.17, 15) is 20.2 Å². The summed E-state index contributed by atoms with van der Waals surface area (Å²) in [5, 5.41) is 25.3. The highest BCUT2D eigenvalue weighted by Gasteiger charge is 2.11. The van der Waals surface area contributed by atoms with E-state index in [1.165, 1.54) is 30.5 Å². The lowest BCUT2D eigenvalue weighted by molar-refractivity contribution is -0.384. The molecule has 0 aliphatic rings. The lowest BCUT2D eigenvalue weighted by atomic mass is 10.2. The Morgan fingerprint density at radius 1 is 1.28 bits per heavy atom. The van der Waals surface area contributed by atoms with Crippen LogP contribution in [0.2, 0.25) is 0 Å². The third-order valence-electron chi connectivity index (χ3n) is 3.26. The van der Waals surface area contributed by atoms with Gasteiger partial charge >= 0.3 is 0 Å². The molecule has 0 spiro atoms. The van der Waals surface area contributed by atoms with Gasteiger partial charge in [-0.3, -0.25) is 14.9 Å². The van der Waals surface area contributed by atoms with Crippen LogP contribution in [0.1, 0.15) is 5.56 Å². The molecule has 0 bridgehead atoms. The summed E-state index contributed by atoms with van der Waals surface area (Å²) >= 11 is 2.20. The zero-order valence-corrected chi connectivity index (χ0v) is 15.3. The molecule has 8 heteroatoms. The highest BCUT2D eigenvalue weighted by atomic mass is 127. The zero-order chi connectivity index (χ0) is 18.4. The predicted molar refractivity (Wildman–Crippen MR) is 103 cm³/mol. The number of non-ortho nitro benzene ring substituents is 1. The van der Waals surface area contributed by atoms with Crippen LogP contribution in [0.3, 0.4) is 0 Å². The van der Waals surface area contributed by atoms with Crippen LogP contribution in [0.15, 0.2) is 54.2 Å². The van der Waals surface area contributed by atoms with E-state index >= 15 is 0 Å². The Morgan fingerprint density at radius 3 is 2.52 bits per heavy atom. The molecule has 0 aliphatic heterocycles. The largest absolute Gasteiger partial charge is 0.360 e. The van der Waals surface area contributed by atoms with Gasteiger partial charge in [-0.15, -0.1) is 0 Å². The number of aryl methyl sites for hydroxylation is 1. The van der Waals surface area contributed by atoms with Crippen molar-refractivity contribution in [2.45, 2.75) is 6.92 Å². The maximum absolute atomic E-state index is 12.1. The van der Waals surface area contributed by atoms with Crippen molar-refractivity contribution in [3.8, 4) is 6.07 Å². The molecular weight excluding hydrogens is 435 g/mol. The fraction of sp³-hybridized carbons (Fsp3) is 0.0588. The Hall–Kier alpha value is -2.93. The van der Waals surface area contributed by atoms with Gasteiger partial charge in [0.1, 0.15) is 11.6 Å². The first kappa shape index (κ1) is 18.4. The molecule has 0 fully saturated rings. The number of carbonyl (C=O) groups excluding carboxylic acids is 1. The molecule has 7 nitrogen and oxygen atoms in total. The first-order valence-corrected chi connectivity index (χ1v) is 8.17. The molecule has 0 radical (unpaired) electrons. The quantitative estimate of drug-likeness (QED) is 0.237. The molecule has 2 aromatic rings. The topological polar surface area (TPSA) is 108 Å². The third-order valence-corrected chi connectivity index (χ3v) is 3.93. The molecule has 2 N–H and O–H groups in total. The van der Waals surface area contributed by atoms with Gasteiger partial charge in [-0.1, -0.05) is 0 Å². The molecule has 0 saturated carbocycles. The Labute approximate surface area is 157 Å². The van der Waals surface area contributed by atoms with Gasteiger partial charge in [0.15, 0.2) is 0 Å². The van der Waals surface area contributed by atoms with Crippen molar-refractivity contribution in [1.29, 1.82) is 5.26 Å². The monoisotopic (exact) mass is 448 g/mol. The smallest absolute Gasteiger partial charge is 0.269 e. The maximum atomic E-state index is 12.1. The number of benzene rings is 2. The van der Waals surface area contributed by atoms with Crippen LogP contribution in [-0.2, 0) is 4.79 Å². The van der Waals surface area contributed by atoms with Crippen molar-refractivity contribution in [2.75, 3.05) is 10.6 Å². The first-order chi connectivity index (χ1) is 11.9. The average molecular weight is 448 g/mol. The minimum Gasteiger partial charge on any atom is -0.360 e. The second-order valence-corrected chi connectivity index (χ2v) is 6.28. The number of nitro benzene ring substituents is 1. The minimum atomic E-state index is -0.605. The van der Waals surface area contributed by atoms with Crippen LogP contribution in [0.4, 0.5) is 17.1 Å². The molecular formula is C17H13IN4O3. The number of nitriles is 1. The molecule has 0 heterocycles. The Morgan fingerprint density at radius 2 is 1.96 bits per heavy atom. The summed E-state index contributed by atoms with van der Waals surface area (Å²) in [6, 6.07) is 12.9. The lowest BCUT2D eigenvalue weighted by Crippen LogP contribution is -2.14. The van der Waals surface area contributed by atoms with Gasteiger partial charge in [0.2, 0.25) is 0 Å². The minimum absolute atomic E-state index is 0.0788. The van der Waals surface area contributed by atoms with E-state index in [-0.39, 0.29) is 11.3 Å². The summed E-state index contributed by atoms with van der Waals surface area (Å²) < 4.78 is 1.08. The number of carbonyl (C=O) groups is 1. The summed E-state index contributed by atoms with van der Waals surface area (Å²) in [4.78, 5) is 22.2. The first-order valence-electron chi connectivity index (χ1n) is 7.09. The number of nitrogens with one attached hydrogen (secondary N) is 2. The Bertz CT molecular complexity index is 886. The third kappa shape index (κ3) is 5.02. The summed E-state index contributed by atoms with van der Waals surface area (Å²) in [7, 11) is 0. The summed E-state index contributed by atoms with van der Waals surface area (Å²) in [6.45, 7) is 1.92. The van der Waals surface area contributed by atoms with E-state index in [0.29, 0.717) is 5.69 Å². The van der Waals surface area contributed by atoms with Crippen molar-refractivity contribution >= 4 is 45.6 Å². The van der Waals surface area contributed by atoms with Crippen LogP contribution in [0.5, 0.6) is 0 Å².